The van der Waals surface area contributed by atoms with Crippen LogP contribution in [0.25, 0.3) is 100 Å². The fourth-order valence-electron chi connectivity index (χ4n) is 12.7. The molecular formula is C71H52F6. The highest BCUT2D eigenvalue weighted by Gasteiger charge is 2.40. The summed E-state index contributed by atoms with van der Waals surface area (Å²) in [5.74, 6) is 0. The molecule has 0 radical (unpaired) electrons. The van der Waals surface area contributed by atoms with E-state index >= 15 is 0 Å². The van der Waals surface area contributed by atoms with Gasteiger partial charge in [-0.1, -0.05) is 175 Å². The first-order valence-electron chi connectivity index (χ1n) is 26.1. The van der Waals surface area contributed by atoms with E-state index in [1.807, 2.05) is 24.3 Å². The summed E-state index contributed by atoms with van der Waals surface area (Å²) >= 11 is 0. The summed E-state index contributed by atoms with van der Waals surface area (Å²) in [4.78, 5) is 0. The number of hydrogen-bond acceptors (Lipinski definition) is 0. The van der Waals surface area contributed by atoms with E-state index in [9.17, 15) is 26.3 Å². The zero-order valence-electron chi connectivity index (χ0n) is 43.4. The van der Waals surface area contributed by atoms with Crippen LogP contribution in [0.1, 0.15) is 86.1 Å². The molecule has 0 nitrogen and oxygen atoms in total. The monoisotopic (exact) mass is 1020 g/mol. The van der Waals surface area contributed by atoms with Crippen LogP contribution in [0.5, 0.6) is 0 Å². The van der Waals surface area contributed by atoms with E-state index in [4.69, 9.17) is 0 Å². The first-order valence-corrected chi connectivity index (χ1v) is 26.1. The van der Waals surface area contributed by atoms with Gasteiger partial charge in [0, 0.05) is 16.2 Å². The van der Waals surface area contributed by atoms with E-state index < -0.39 is 23.5 Å². The molecule has 10 aromatic rings. The topological polar surface area (TPSA) is 0 Å². The smallest absolute Gasteiger partial charge is 0.166 e. The highest BCUT2D eigenvalue weighted by molar-refractivity contribution is 5.91. The average molecular weight is 1020 g/mol. The lowest BCUT2D eigenvalue weighted by atomic mass is 9.79. The summed E-state index contributed by atoms with van der Waals surface area (Å²) < 4.78 is 79.8. The second kappa shape index (κ2) is 16.9. The summed E-state index contributed by atoms with van der Waals surface area (Å²) in [6.45, 7) is 13.8. The second-order valence-electron chi connectivity index (χ2n) is 22.7. The number of hydrogen-bond donors (Lipinski definition) is 0. The normalized spacial score (nSPS) is 15.1. The van der Waals surface area contributed by atoms with Crippen LogP contribution in [0.15, 0.2) is 206 Å². The first kappa shape index (κ1) is 48.4. The minimum Gasteiger partial charge on any atom is -0.166 e. The third-order valence-corrected chi connectivity index (χ3v) is 17.2. The Hall–Kier alpha value is -8.22. The molecule has 0 N–H and O–H groups in total. The Labute approximate surface area is 445 Å². The summed E-state index contributed by atoms with van der Waals surface area (Å²) in [6.07, 6.45) is -8.76. The van der Waals surface area contributed by atoms with Crippen molar-refractivity contribution in [3.05, 3.63) is 251 Å². The van der Waals surface area contributed by atoms with Crippen molar-refractivity contribution in [2.24, 2.45) is 0 Å². The summed E-state index contributed by atoms with van der Waals surface area (Å²) in [7, 11) is 0. The van der Waals surface area contributed by atoms with Gasteiger partial charge in [-0.2, -0.15) is 26.3 Å². The Morgan fingerprint density at radius 1 is 0.221 bits per heavy atom. The summed E-state index contributed by atoms with van der Waals surface area (Å²) in [5.41, 5.74) is 25.0. The molecule has 0 amide bonds. The van der Waals surface area contributed by atoms with E-state index in [1.165, 1.54) is 113 Å². The third-order valence-electron chi connectivity index (χ3n) is 17.2. The Morgan fingerprint density at radius 2 is 0.403 bits per heavy atom. The van der Waals surface area contributed by atoms with Gasteiger partial charge in [0.25, 0.3) is 0 Å². The fraction of sp³-hybridized carbons (Fsp3) is 0.155. The van der Waals surface area contributed by atoms with Crippen molar-refractivity contribution in [2.75, 3.05) is 0 Å². The summed E-state index contributed by atoms with van der Waals surface area (Å²) in [6, 6.07) is 67.7. The Balaban J connectivity index is 0.756. The molecule has 3 aliphatic carbocycles. The lowest BCUT2D eigenvalue weighted by Gasteiger charge is -2.24. The zero-order valence-corrected chi connectivity index (χ0v) is 43.4. The molecular weight excluding hydrogens is 967 g/mol. The number of halogens is 6. The van der Waals surface area contributed by atoms with Gasteiger partial charge in [0.2, 0.25) is 0 Å². The minimum absolute atomic E-state index is 0.254. The number of benzene rings is 10. The van der Waals surface area contributed by atoms with E-state index in [2.05, 4.69) is 175 Å². The molecule has 0 saturated heterocycles. The van der Waals surface area contributed by atoms with Gasteiger partial charge in [-0.3, -0.25) is 0 Å². The maximum Gasteiger partial charge on any atom is 0.416 e. The molecule has 378 valence electrons. The van der Waals surface area contributed by atoms with Crippen molar-refractivity contribution in [3.63, 3.8) is 0 Å². The fourth-order valence-corrected chi connectivity index (χ4v) is 12.7. The number of rotatable bonds is 6. The minimum atomic E-state index is -4.38. The predicted molar refractivity (Wildman–Crippen MR) is 302 cm³/mol. The SMILES string of the molecule is CC1(C)c2cc(-c3cccc(-c4ccc(C(F)(F)F)cc4)c3)ccc2-c2ccc(-c3ccc4c(c3)C(C)(C)c3cc(-c5ccc6c(c5)C(C)(C)c5cc(-c7cccc(-c8ccc(C(F)(F)F)cc8)c7)ccc5-6)ccc3-4)cc21. The lowest BCUT2D eigenvalue weighted by Crippen LogP contribution is -2.16. The maximum absolute atomic E-state index is 13.3. The molecule has 13 rings (SSSR count). The van der Waals surface area contributed by atoms with E-state index in [-0.39, 0.29) is 16.2 Å². The zero-order chi connectivity index (χ0) is 53.6. The van der Waals surface area contributed by atoms with Crippen LogP contribution in [0, 0.1) is 0 Å². The van der Waals surface area contributed by atoms with Gasteiger partial charge >= 0.3 is 12.4 Å². The first-order chi connectivity index (χ1) is 36.6. The van der Waals surface area contributed by atoms with Crippen molar-refractivity contribution in [3.8, 4) is 100 Å². The molecule has 0 spiro atoms. The van der Waals surface area contributed by atoms with E-state index in [0.717, 1.165) is 68.8 Å². The van der Waals surface area contributed by atoms with Gasteiger partial charge < -0.3 is 0 Å². The van der Waals surface area contributed by atoms with Crippen LogP contribution in [0.4, 0.5) is 26.3 Å². The quantitative estimate of drug-likeness (QED) is 0.146. The van der Waals surface area contributed by atoms with Gasteiger partial charge in [0.05, 0.1) is 11.1 Å². The largest absolute Gasteiger partial charge is 0.416 e. The maximum atomic E-state index is 13.3. The molecule has 0 unspecified atom stereocenters. The second-order valence-corrected chi connectivity index (χ2v) is 22.7. The molecule has 6 heteroatoms. The molecule has 77 heavy (non-hydrogen) atoms. The van der Waals surface area contributed by atoms with Crippen LogP contribution < -0.4 is 0 Å². The Morgan fingerprint density at radius 3 is 0.610 bits per heavy atom. The van der Waals surface area contributed by atoms with Gasteiger partial charge in [-0.25, -0.2) is 0 Å². The van der Waals surface area contributed by atoms with Gasteiger partial charge in [0.1, 0.15) is 0 Å². The van der Waals surface area contributed by atoms with Gasteiger partial charge in [0.15, 0.2) is 0 Å². The number of alkyl halides is 6. The molecule has 10 aromatic carbocycles. The van der Waals surface area contributed by atoms with Gasteiger partial charge in [-0.05, 0) is 206 Å². The average Bonchev–Trinajstić information content (AvgIpc) is 4.16. The molecule has 3 aliphatic rings. The van der Waals surface area contributed by atoms with Crippen LogP contribution >= 0.6 is 0 Å². The standard InChI is InChI=1S/C71H52F6/c1-67(2)61-35-47(45-11-7-9-43(33-45)41-13-23-53(24-14-41)70(72,73)74)17-27-55(61)57-29-19-49(37-63(57)67)51-21-31-59-60-32-22-52(40-66(60)69(5,6)65(59)39-51)50-20-30-58-56-28-18-48(36-62(56)68(3,4)64(58)38-50)46-12-8-10-44(34-46)42-15-25-54(26-16-42)71(75,76)77/h7-40H,1-6H3. The van der Waals surface area contributed by atoms with Crippen molar-refractivity contribution in [1.29, 1.82) is 0 Å². The third kappa shape index (κ3) is 7.81. The molecule has 0 bridgehead atoms. The van der Waals surface area contributed by atoms with Crippen LogP contribution in [0.2, 0.25) is 0 Å². The highest BCUT2D eigenvalue weighted by atomic mass is 19.4. The molecule has 0 saturated carbocycles. The van der Waals surface area contributed by atoms with Crippen LogP contribution in [-0.2, 0) is 28.6 Å². The molecule has 0 heterocycles. The van der Waals surface area contributed by atoms with Crippen LogP contribution in [0.3, 0.4) is 0 Å². The van der Waals surface area contributed by atoms with E-state index in [1.54, 1.807) is 0 Å². The highest BCUT2D eigenvalue weighted by Crippen LogP contribution is 2.55. The Bertz CT molecular complexity index is 3810. The molecule has 0 aliphatic heterocycles. The summed E-state index contributed by atoms with van der Waals surface area (Å²) in [5, 5.41) is 0. The van der Waals surface area contributed by atoms with Gasteiger partial charge in [-0.15, -0.1) is 0 Å². The van der Waals surface area contributed by atoms with Crippen molar-refractivity contribution >= 4 is 0 Å². The number of fused-ring (bicyclic) bond motifs is 9. The lowest BCUT2D eigenvalue weighted by molar-refractivity contribution is -0.138. The predicted octanol–water partition coefficient (Wildman–Crippen LogP) is 20.6. The van der Waals surface area contributed by atoms with Crippen molar-refractivity contribution in [2.45, 2.75) is 70.1 Å². The van der Waals surface area contributed by atoms with Crippen molar-refractivity contribution in [1.82, 2.24) is 0 Å². The molecule has 0 fully saturated rings. The molecule has 0 atom stereocenters. The Kier molecular flexibility index (Phi) is 10.6. The van der Waals surface area contributed by atoms with Crippen molar-refractivity contribution < 1.29 is 26.3 Å². The van der Waals surface area contributed by atoms with Crippen LogP contribution in [-0.4, -0.2) is 0 Å². The molecule has 0 aromatic heterocycles. The van der Waals surface area contributed by atoms with E-state index in [0.29, 0.717) is 0 Å².